The minimum Gasteiger partial charge on any atom is -0.463 e. The summed E-state index contributed by atoms with van der Waals surface area (Å²) in [4.78, 5) is 25.9. The van der Waals surface area contributed by atoms with E-state index in [1.165, 1.54) is 0 Å². The Morgan fingerprint density at radius 2 is 2.00 bits per heavy atom. The number of amides is 1. The predicted octanol–water partition coefficient (Wildman–Crippen LogP) is -0.0197. The Balaban J connectivity index is 1.95. The van der Waals surface area contributed by atoms with Crippen molar-refractivity contribution in [3.05, 3.63) is 0 Å². The molecule has 9 nitrogen and oxygen atoms in total. The van der Waals surface area contributed by atoms with Crippen LogP contribution in [0.3, 0.4) is 0 Å². The lowest BCUT2D eigenvalue weighted by atomic mass is 10.4. The molecule has 4 N–H and O–H groups in total. The van der Waals surface area contributed by atoms with Crippen molar-refractivity contribution in [1.29, 1.82) is 0 Å². The predicted molar refractivity (Wildman–Crippen MR) is 77.7 cm³/mol. The fourth-order valence-corrected chi connectivity index (χ4v) is 1.99. The van der Waals surface area contributed by atoms with Crippen LogP contribution in [-0.2, 0) is 4.79 Å². The zero-order chi connectivity index (χ0) is 15.1. The number of ether oxygens (including phenoxy) is 1. The molecule has 0 spiro atoms. The standard InChI is InChI=1S/C12H21N7O2/c1-2-7-21-12-16-10(15-11(17-12)18-13)14-8-9(20)19-5-3-4-6-19/h2-8,13H2,1H3,(H2,14,15,16,17,18). The smallest absolute Gasteiger partial charge is 0.323 e. The third kappa shape index (κ3) is 4.42. The van der Waals surface area contributed by atoms with E-state index in [2.05, 4.69) is 25.7 Å². The van der Waals surface area contributed by atoms with E-state index in [0.29, 0.717) is 6.61 Å². The van der Waals surface area contributed by atoms with Crippen LogP contribution in [0.2, 0.25) is 0 Å². The normalized spacial score (nSPS) is 14.1. The van der Waals surface area contributed by atoms with Crippen LogP contribution in [0.25, 0.3) is 0 Å². The molecule has 0 saturated carbocycles. The van der Waals surface area contributed by atoms with Crippen LogP contribution in [0.4, 0.5) is 11.9 Å². The van der Waals surface area contributed by atoms with Gasteiger partial charge in [0.25, 0.3) is 0 Å². The van der Waals surface area contributed by atoms with E-state index in [0.717, 1.165) is 32.4 Å². The highest BCUT2D eigenvalue weighted by Crippen LogP contribution is 2.11. The summed E-state index contributed by atoms with van der Waals surface area (Å²) in [7, 11) is 0. The monoisotopic (exact) mass is 295 g/mol. The van der Waals surface area contributed by atoms with Gasteiger partial charge in [-0.3, -0.25) is 10.2 Å². The van der Waals surface area contributed by atoms with E-state index < -0.39 is 0 Å². The number of nitrogens with two attached hydrogens (primary N) is 1. The highest BCUT2D eigenvalue weighted by atomic mass is 16.5. The van der Waals surface area contributed by atoms with E-state index >= 15 is 0 Å². The Bertz CT molecular complexity index is 477. The summed E-state index contributed by atoms with van der Waals surface area (Å²) >= 11 is 0. The van der Waals surface area contributed by atoms with Gasteiger partial charge in [0, 0.05) is 13.1 Å². The molecule has 0 radical (unpaired) electrons. The zero-order valence-corrected chi connectivity index (χ0v) is 12.1. The van der Waals surface area contributed by atoms with E-state index in [1.807, 2.05) is 11.8 Å². The first-order valence-electron chi connectivity index (χ1n) is 7.10. The van der Waals surface area contributed by atoms with Crippen LogP contribution in [0.1, 0.15) is 26.2 Å². The molecular formula is C12H21N7O2. The zero-order valence-electron chi connectivity index (χ0n) is 12.1. The van der Waals surface area contributed by atoms with Crippen molar-refractivity contribution in [3.8, 4) is 6.01 Å². The Morgan fingerprint density at radius 3 is 2.67 bits per heavy atom. The van der Waals surface area contributed by atoms with Gasteiger partial charge < -0.3 is 15.0 Å². The van der Waals surface area contributed by atoms with Gasteiger partial charge in [0.1, 0.15) is 0 Å². The summed E-state index contributed by atoms with van der Waals surface area (Å²) < 4.78 is 5.35. The Morgan fingerprint density at radius 1 is 1.29 bits per heavy atom. The van der Waals surface area contributed by atoms with Crippen molar-refractivity contribution in [2.45, 2.75) is 26.2 Å². The number of aromatic nitrogens is 3. The average Bonchev–Trinajstić information content (AvgIpc) is 3.04. The first-order chi connectivity index (χ1) is 10.2. The Kier molecular flexibility index (Phi) is 5.50. The van der Waals surface area contributed by atoms with Gasteiger partial charge in [0.15, 0.2) is 0 Å². The van der Waals surface area contributed by atoms with Crippen molar-refractivity contribution in [2.24, 2.45) is 5.84 Å². The second-order valence-electron chi connectivity index (χ2n) is 4.70. The molecule has 1 aliphatic heterocycles. The number of nitrogen functional groups attached to an aromatic ring is 1. The third-order valence-corrected chi connectivity index (χ3v) is 3.04. The van der Waals surface area contributed by atoms with Crippen molar-refractivity contribution in [1.82, 2.24) is 19.9 Å². The van der Waals surface area contributed by atoms with Crippen molar-refractivity contribution in [2.75, 3.05) is 37.0 Å². The summed E-state index contributed by atoms with van der Waals surface area (Å²) in [6, 6.07) is 0.177. The molecule has 2 heterocycles. The van der Waals surface area contributed by atoms with Gasteiger partial charge >= 0.3 is 6.01 Å². The third-order valence-electron chi connectivity index (χ3n) is 3.04. The average molecular weight is 295 g/mol. The number of carbonyl (C=O) groups is 1. The Hall–Kier alpha value is -2.16. The summed E-state index contributed by atoms with van der Waals surface area (Å²) in [6.07, 6.45) is 2.97. The fraction of sp³-hybridized carbons (Fsp3) is 0.667. The number of likely N-dealkylation sites (tertiary alicyclic amines) is 1. The van der Waals surface area contributed by atoms with Gasteiger partial charge in [0.2, 0.25) is 17.8 Å². The lowest BCUT2D eigenvalue weighted by Gasteiger charge is -2.15. The maximum atomic E-state index is 12.0. The molecular weight excluding hydrogens is 274 g/mol. The second kappa shape index (κ2) is 7.58. The molecule has 0 aromatic carbocycles. The number of nitrogens with one attached hydrogen (secondary N) is 2. The number of carbonyl (C=O) groups excluding carboxylic acids is 1. The molecule has 0 aliphatic carbocycles. The first-order valence-corrected chi connectivity index (χ1v) is 7.10. The maximum absolute atomic E-state index is 12.0. The lowest BCUT2D eigenvalue weighted by molar-refractivity contribution is -0.128. The fourth-order valence-electron chi connectivity index (χ4n) is 1.99. The van der Waals surface area contributed by atoms with Crippen LogP contribution >= 0.6 is 0 Å². The van der Waals surface area contributed by atoms with Crippen molar-refractivity contribution >= 4 is 17.8 Å². The molecule has 0 bridgehead atoms. The van der Waals surface area contributed by atoms with Crippen LogP contribution in [0.5, 0.6) is 6.01 Å². The van der Waals surface area contributed by atoms with E-state index in [4.69, 9.17) is 10.6 Å². The molecule has 2 rings (SSSR count). The molecule has 1 aromatic heterocycles. The molecule has 1 saturated heterocycles. The van der Waals surface area contributed by atoms with Crippen molar-refractivity contribution < 1.29 is 9.53 Å². The molecule has 1 aliphatic rings. The quantitative estimate of drug-likeness (QED) is 0.474. The molecule has 116 valence electrons. The molecule has 9 heteroatoms. The van der Waals surface area contributed by atoms with Gasteiger partial charge in [-0.25, -0.2) is 5.84 Å². The number of rotatable bonds is 7. The SMILES string of the molecule is CCCOc1nc(NN)nc(NCC(=O)N2CCCC2)n1. The second-order valence-corrected chi connectivity index (χ2v) is 4.70. The lowest BCUT2D eigenvalue weighted by Crippen LogP contribution is -2.33. The van der Waals surface area contributed by atoms with Crippen LogP contribution in [0.15, 0.2) is 0 Å². The van der Waals surface area contributed by atoms with E-state index in [1.54, 1.807) is 0 Å². The highest BCUT2D eigenvalue weighted by Gasteiger charge is 2.18. The van der Waals surface area contributed by atoms with Gasteiger partial charge in [-0.15, -0.1) is 0 Å². The molecule has 1 fully saturated rings. The largest absolute Gasteiger partial charge is 0.463 e. The van der Waals surface area contributed by atoms with Crippen molar-refractivity contribution in [3.63, 3.8) is 0 Å². The molecule has 21 heavy (non-hydrogen) atoms. The molecule has 0 unspecified atom stereocenters. The summed E-state index contributed by atoms with van der Waals surface area (Å²) in [5.74, 6) is 5.79. The van der Waals surface area contributed by atoms with Crippen LogP contribution < -0.4 is 21.3 Å². The summed E-state index contributed by atoms with van der Waals surface area (Å²) in [5.41, 5.74) is 2.35. The maximum Gasteiger partial charge on any atom is 0.323 e. The highest BCUT2D eigenvalue weighted by molar-refractivity contribution is 5.80. The minimum absolute atomic E-state index is 0.0335. The number of hydrogen-bond donors (Lipinski definition) is 3. The van der Waals surface area contributed by atoms with Crippen LogP contribution in [-0.4, -0.2) is 52.0 Å². The summed E-state index contributed by atoms with van der Waals surface area (Å²) in [6.45, 7) is 4.26. The Labute approximate surface area is 123 Å². The number of hydrazine groups is 1. The van der Waals surface area contributed by atoms with Gasteiger partial charge in [0.05, 0.1) is 13.2 Å². The minimum atomic E-state index is 0.0335. The number of hydrogen-bond acceptors (Lipinski definition) is 8. The van der Waals surface area contributed by atoms with E-state index in [9.17, 15) is 4.79 Å². The molecule has 1 aromatic rings. The van der Waals surface area contributed by atoms with Gasteiger partial charge in [-0.05, 0) is 19.3 Å². The number of nitrogens with zero attached hydrogens (tertiary/aromatic N) is 4. The van der Waals surface area contributed by atoms with Crippen LogP contribution in [0, 0.1) is 0 Å². The molecule has 0 atom stereocenters. The number of anilines is 2. The topological polar surface area (TPSA) is 118 Å². The van der Waals surface area contributed by atoms with E-state index in [-0.39, 0.29) is 30.4 Å². The van der Waals surface area contributed by atoms with Gasteiger partial charge in [-0.2, -0.15) is 15.0 Å². The first kappa shape index (κ1) is 15.2. The van der Waals surface area contributed by atoms with Gasteiger partial charge in [-0.1, -0.05) is 6.92 Å². The summed E-state index contributed by atoms with van der Waals surface area (Å²) in [5, 5.41) is 2.88. The molecule has 1 amide bonds.